The standard InChI is InChI=1S/C14H28N4O4S/c1-9(14(21)22)17-13(20)11(5-3-4-7-15)18-12(19)10(16)6-8-23-2/h9-11H,3-8,15-16H2,1-2H3,(H,17,20)(H,18,19)(H,21,22). The maximum absolute atomic E-state index is 12.2. The normalized spacial score (nSPS) is 14.6. The third-order valence-corrected chi connectivity index (χ3v) is 3.92. The highest BCUT2D eigenvalue weighted by Crippen LogP contribution is 2.04. The predicted molar refractivity (Wildman–Crippen MR) is 91.1 cm³/mol. The van der Waals surface area contributed by atoms with Crippen LogP contribution in [0.5, 0.6) is 0 Å². The number of amides is 2. The van der Waals surface area contributed by atoms with E-state index in [9.17, 15) is 14.4 Å². The minimum atomic E-state index is -1.14. The first-order valence-corrected chi connectivity index (χ1v) is 9.01. The molecule has 0 saturated heterocycles. The number of carbonyl (C=O) groups is 3. The molecule has 0 heterocycles. The van der Waals surface area contributed by atoms with Crippen molar-refractivity contribution in [3.05, 3.63) is 0 Å². The van der Waals surface area contributed by atoms with Crippen molar-refractivity contribution in [2.75, 3.05) is 18.6 Å². The number of hydrogen-bond acceptors (Lipinski definition) is 6. The first-order chi connectivity index (χ1) is 10.8. The van der Waals surface area contributed by atoms with Gasteiger partial charge in [-0.2, -0.15) is 11.8 Å². The number of aliphatic carboxylic acids is 1. The van der Waals surface area contributed by atoms with E-state index in [1.165, 1.54) is 6.92 Å². The van der Waals surface area contributed by atoms with E-state index in [0.717, 1.165) is 5.75 Å². The summed E-state index contributed by atoms with van der Waals surface area (Å²) in [6, 6.07) is -2.53. The summed E-state index contributed by atoms with van der Waals surface area (Å²) in [4.78, 5) is 35.0. The SMILES string of the molecule is CSCCC(N)C(=O)NC(CCCCN)C(=O)NC(C)C(=O)O. The summed E-state index contributed by atoms with van der Waals surface area (Å²) in [5.74, 6) is -1.33. The largest absolute Gasteiger partial charge is 0.480 e. The third-order valence-electron chi connectivity index (χ3n) is 3.28. The van der Waals surface area contributed by atoms with Gasteiger partial charge in [0, 0.05) is 0 Å². The van der Waals surface area contributed by atoms with Gasteiger partial charge in [-0.25, -0.2) is 0 Å². The summed E-state index contributed by atoms with van der Waals surface area (Å²) < 4.78 is 0. The number of carboxylic acids is 1. The molecule has 0 aromatic heterocycles. The highest BCUT2D eigenvalue weighted by atomic mass is 32.2. The minimum absolute atomic E-state index is 0.385. The van der Waals surface area contributed by atoms with E-state index in [2.05, 4.69) is 10.6 Å². The zero-order valence-electron chi connectivity index (χ0n) is 13.7. The van der Waals surface area contributed by atoms with Crippen LogP contribution in [0.3, 0.4) is 0 Å². The number of carboxylic acid groups (broad SMARTS) is 1. The van der Waals surface area contributed by atoms with Crippen LogP contribution in [0.4, 0.5) is 0 Å². The van der Waals surface area contributed by atoms with Crippen LogP contribution in [0.2, 0.25) is 0 Å². The quantitative estimate of drug-likeness (QED) is 0.292. The minimum Gasteiger partial charge on any atom is -0.480 e. The van der Waals surface area contributed by atoms with E-state index in [-0.39, 0.29) is 0 Å². The van der Waals surface area contributed by atoms with Crippen LogP contribution in [0.25, 0.3) is 0 Å². The second kappa shape index (κ2) is 12.1. The Balaban J connectivity index is 4.68. The molecule has 3 atom stereocenters. The fourth-order valence-corrected chi connectivity index (χ4v) is 2.28. The van der Waals surface area contributed by atoms with Crippen LogP contribution in [-0.2, 0) is 14.4 Å². The number of carbonyl (C=O) groups excluding carboxylic acids is 2. The molecule has 134 valence electrons. The number of thioether (sulfide) groups is 1. The fourth-order valence-electron chi connectivity index (χ4n) is 1.79. The molecule has 0 aromatic carbocycles. The van der Waals surface area contributed by atoms with Crippen molar-refractivity contribution >= 4 is 29.5 Å². The summed E-state index contributed by atoms with van der Waals surface area (Å²) in [7, 11) is 0. The Hall–Kier alpha value is -1.32. The van der Waals surface area contributed by atoms with Crippen LogP contribution < -0.4 is 22.1 Å². The van der Waals surface area contributed by atoms with Crippen molar-refractivity contribution in [3.8, 4) is 0 Å². The lowest BCUT2D eigenvalue weighted by Gasteiger charge is -2.21. The van der Waals surface area contributed by atoms with Gasteiger partial charge < -0.3 is 27.2 Å². The Labute approximate surface area is 141 Å². The van der Waals surface area contributed by atoms with Gasteiger partial charge in [0.15, 0.2) is 0 Å². The third kappa shape index (κ3) is 9.42. The average molecular weight is 348 g/mol. The van der Waals surface area contributed by atoms with Gasteiger partial charge in [-0.05, 0) is 51.2 Å². The number of unbranched alkanes of at least 4 members (excludes halogenated alkanes) is 1. The molecule has 0 fully saturated rings. The first kappa shape index (κ1) is 21.7. The highest BCUT2D eigenvalue weighted by molar-refractivity contribution is 7.98. The first-order valence-electron chi connectivity index (χ1n) is 7.61. The van der Waals surface area contributed by atoms with Crippen molar-refractivity contribution < 1.29 is 19.5 Å². The maximum Gasteiger partial charge on any atom is 0.325 e. The average Bonchev–Trinajstić information content (AvgIpc) is 2.51. The summed E-state index contributed by atoms with van der Waals surface area (Å²) in [6.07, 6.45) is 4.18. The predicted octanol–water partition coefficient (Wildman–Crippen LogP) is -0.730. The molecule has 23 heavy (non-hydrogen) atoms. The summed E-state index contributed by atoms with van der Waals surface area (Å²) in [5, 5.41) is 13.8. The number of nitrogens with one attached hydrogen (secondary N) is 2. The van der Waals surface area contributed by atoms with E-state index in [1.807, 2.05) is 6.26 Å². The van der Waals surface area contributed by atoms with Crippen molar-refractivity contribution in [1.82, 2.24) is 10.6 Å². The summed E-state index contributed by atoms with van der Waals surface area (Å²) in [6.45, 7) is 1.85. The zero-order chi connectivity index (χ0) is 17.8. The van der Waals surface area contributed by atoms with E-state index >= 15 is 0 Å². The topological polar surface area (TPSA) is 148 Å². The van der Waals surface area contributed by atoms with E-state index in [4.69, 9.17) is 16.6 Å². The molecule has 0 aliphatic heterocycles. The summed E-state index contributed by atoms with van der Waals surface area (Å²) >= 11 is 1.58. The molecule has 0 bridgehead atoms. The molecule has 0 aliphatic rings. The van der Waals surface area contributed by atoms with Gasteiger partial charge in [-0.3, -0.25) is 14.4 Å². The molecule has 7 N–H and O–H groups in total. The van der Waals surface area contributed by atoms with Crippen molar-refractivity contribution in [3.63, 3.8) is 0 Å². The van der Waals surface area contributed by atoms with Crippen LogP contribution in [0.15, 0.2) is 0 Å². The Morgan fingerprint density at radius 1 is 1.13 bits per heavy atom. The van der Waals surface area contributed by atoms with Gasteiger partial charge in [-0.1, -0.05) is 0 Å². The van der Waals surface area contributed by atoms with E-state index in [0.29, 0.717) is 32.2 Å². The second-order valence-corrected chi connectivity index (χ2v) is 6.29. The smallest absolute Gasteiger partial charge is 0.325 e. The monoisotopic (exact) mass is 348 g/mol. The van der Waals surface area contributed by atoms with E-state index in [1.54, 1.807) is 11.8 Å². The van der Waals surface area contributed by atoms with Gasteiger partial charge in [0.2, 0.25) is 11.8 Å². The molecule has 2 amide bonds. The lowest BCUT2D eigenvalue weighted by Crippen LogP contribution is -2.54. The number of hydrogen-bond donors (Lipinski definition) is 5. The van der Waals surface area contributed by atoms with Gasteiger partial charge in [0.05, 0.1) is 6.04 Å². The van der Waals surface area contributed by atoms with E-state index < -0.39 is 35.9 Å². The van der Waals surface area contributed by atoms with Crippen LogP contribution in [0.1, 0.15) is 32.6 Å². The Bertz CT molecular complexity index is 395. The van der Waals surface area contributed by atoms with Gasteiger partial charge in [0.1, 0.15) is 12.1 Å². The molecule has 8 nitrogen and oxygen atoms in total. The Morgan fingerprint density at radius 3 is 2.30 bits per heavy atom. The fraction of sp³-hybridized carbons (Fsp3) is 0.786. The van der Waals surface area contributed by atoms with Crippen molar-refractivity contribution in [2.24, 2.45) is 11.5 Å². The van der Waals surface area contributed by atoms with Crippen LogP contribution >= 0.6 is 11.8 Å². The molecule has 3 unspecified atom stereocenters. The second-order valence-electron chi connectivity index (χ2n) is 5.30. The highest BCUT2D eigenvalue weighted by Gasteiger charge is 2.25. The molecular formula is C14H28N4O4S. The maximum atomic E-state index is 12.2. The van der Waals surface area contributed by atoms with Gasteiger partial charge >= 0.3 is 5.97 Å². The molecule has 0 saturated carbocycles. The molecule has 0 aromatic rings. The van der Waals surface area contributed by atoms with Gasteiger partial charge in [0.25, 0.3) is 0 Å². The molecule has 9 heteroatoms. The molecule has 0 spiro atoms. The molecule has 0 rings (SSSR count). The molecular weight excluding hydrogens is 320 g/mol. The lowest BCUT2D eigenvalue weighted by atomic mass is 10.1. The lowest BCUT2D eigenvalue weighted by molar-refractivity contribution is -0.141. The Morgan fingerprint density at radius 2 is 1.78 bits per heavy atom. The zero-order valence-corrected chi connectivity index (χ0v) is 14.5. The van der Waals surface area contributed by atoms with Gasteiger partial charge in [-0.15, -0.1) is 0 Å². The molecule has 0 aliphatic carbocycles. The Kier molecular flexibility index (Phi) is 11.4. The van der Waals surface area contributed by atoms with Crippen LogP contribution in [-0.4, -0.2) is 59.6 Å². The van der Waals surface area contributed by atoms with Crippen molar-refractivity contribution in [1.29, 1.82) is 0 Å². The van der Waals surface area contributed by atoms with Crippen molar-refractivity contribution in [2.45, 2.75) is 50.7 Å². The summed E-state index contributed by atoms with van der Waals surface area (Å²) in [5.41, 5.74) is 11.2. The number of nitrogens with two attached hydrogens (primary N) is 2. The molecule has 0 radical (unpaired) electrons. The number of rotatable bonds is 12. The van der Waals surface area contributed by atoms with Crippen LogP contribution in [0, 0.1) is 0 Å².